The number of hydrogen-bond acceptors (Lipinski definition) is 4. The smallest absolute Gasteiger partial charge is 0.217 e. The van der Waals surface area contributed by atoms with Crippen molar-refractivity contribution < 1.29 is 9.53 Å². The molecule has 5 nitrogen and oxygen atoms in total. The van der Waals surface area contributed by atoms with Crippen molar-refractivity contribution in [1.29, 1.82) is 0 Å². The van der Waals surface area contributed by atoms with Gasteiger partial charge in [0.05, 0.1) is 17.6 Å². The highest BCUT2D eigenvalue weighted by Gasteiger charge is 2.15. The van der Waals surface area contributed by atoms with Crippen LogP contribution in [0.1, 0.15) is 12.8 Å². The summed E-state index contributed by atoms with van der Waals surface area (Å²) in [6.45, 7) is 0.450. The Morgan fingerprint density at radius 2 is 2.00 bits per heavy atom. The molecule has 0 saturated carbocycles. The zero-order valence-electron chi connectivity index (χ0n) is 14.7. The highest BCUT2D eigenvalue weighted by atomic mass is 32.1. The van der Waals surface area contributed by atoms with Gasteiger partial charge in [-0.1, -0.05) is 18.2 Å². The first kappa shape index (κ1) is 17.3. The summed E-state index contributed by atoms with van der Waals surface area (Å²) in [5.74, 6) is 1.35. The third-order valence-electron chi connectivity index (χ3n) is 4.26. The molecule has 0 aliphatic carbocycles. The van der Waals surface area contributed by atoms with E-state index in [9.17, 15) is 4.79 Å². The molecule has 1 amide bonds. The maximum absolute atomic E-state index is 10.9. The Labute approximate surface area is 161 Å². The number of para-hydroxylation sites is 1. The first-order chi connectivity index (χ1) is 13.2. The monoisotopic (exact) mass is 377 g/mol. The number of fused-ring (bicyclic) bond motifs is 1. The van der Waals surface area contributed by atoms with Crippen LogP contribution in [0.15, 0.2) is 65.4 Å². The second kappa shape index (κ2) is 7.63. The molecule has 4 rings (SSSR count). The SMILES string of the molecule is NC(=O)CCCOc1ccc2nc(-c3ccsc3)n(-c3ccccc3)c2c1. The number of hydrogen-bond donors (Lipinski definition) is 1. The Hall–Kier alpha value is -3.12. The minimum absolute atomic E-state index is 0.309. The molecule has 0 aliphatic rings. The Kier molecular flexibility index (Phi) is 4.89. The third kappa shape index (κ3) is 3.71. The highest BCUT2D eigenvalue weighted by molar-refractivity contribution is 7.08. The summed E-state index contributed by atoms with van der Waals surface area (Å²) in [5, 5.41) is 4.15. The molecule has 0 spiro atoms. The molecular formula is C21H19N3O2S. The van der Waals surface area contributed by atoms with E-state index in [0.29, 0.717) is 19.4 Å². The van der Waals surface area contributed by atoms with Crippen LogP contribution in [-0.2, 0) is 4.79 Å². The molecule has 136 valence electrons. The lowest BCUT2D eigenvalue weighted by molar-refractivity contribution is -0.118. The molecule has 0 bridgehead atoms. The fourth-order valence-corrected chi connectivity index (χ4v) is 3.64. The number of amides is 1. The van der Waals surface area contributed by atoms with Gasteiger partial charge in [-0.3, -0.25) is 9.36 Å². The number of thiophene rings is 1. The van der Waals surface area contributed by atoms with Gasteiger partial charge in [0.1, 0.15) is 11.6 Å². The van der Waals surface area contributed by atoms with Crippen molar-refractivity contribution >= 4 is 28.3 Å². The zero-order valence-corrected chi connectivity index (χ0v) is 15.5. The van der Waals surface area contributed by atoms with Crippen LogP contribution in [0.2, 0.25) is 0 Å². The van der Waals surface area contributed by atoms with Gasteiger partial charge in [-0.2, -0.15) is 11.3 Å². The summed E-state index contributed by atoms with van der Waals surface area (Å²) in [5.41, 5.74) is 9.20. The van der Waals surface area contributed by atoms with E-state index in [1.165, 1.54) is 0 Å². The Balaban J connectivity index is 1.74. The Bertz CT molecular complexity index is 1060. The summed E-state index contributed by atoms with van der Waals surface area (Å²) in [4.78, 5) is 15.7. The quantitative estimate of drug-likeness (QED) is 0.485. The molecule has 27 heavy (non-hydrogen) atoms. The van der Waals surface area contributed by atoms with E-state index < -0.39 is 0 Å². The fourth-order valence-electron chi connectivity index (χ4n) is 3.01. The molecule has 0 fully saturated rings. The van der Waals surface area contributed by atoms with Gasteiger partial charge >= 0.3 is 0 Å². The third-order valence-corrected chi connectivity index (χ3v) is 4.94. The predicted molar refractivity (Wildman–Crippen MR) is 108 cm³/mol. The number of nitrogens with two attached hydrogens (primary N) is 1. The first-order valence-electron chi connectivity index (χ1n) is 8.74. The van der Waals surface area contributed by atoms with E-state index in [2.05, 4.69) is 33.5 Å². The van der Waals surface area contributed by atoms with Crippen molar-refractivity contribution in [3.63, 3.8) is 0 Å². The van der Waals surface area contributed by atoms with Crippen molar-refractivity contribution in [3.05, 3.63) is 65.4 Å². The van der Waals surface area contributed by atoms with E-state index in [1.807, 2.05) is 36.4 Å². The van der Waals surface area contributed by atoms with Crippen LogP contribution >= 0.6 is 11.3 Å². The van der Waals surface area contributed by atoms with Crippen molar-refractivity contribution in [3.8, 4) is 22.8 Å². The van der Waals surface area contributed by atoms with Crippen LogP contribution in [0.25, 0.3) is 28.1 Å². The van der Waals surface area contributed by atoms with E-state index in [-0.39, 0.29) is 5.91 Å². The molecule has 0 atom stereocenters. The number of primary amides is 1. The number of carbonyl (C=O) groups excluding carboxylic acids is 1. The molecule has 4 aromatic rings. The first-order valence-corrected chi connectivity index (χ1v) is 9.68. The zero-order chi connectivity index (χ0) is 18.6. The highest BCUT2D eigenvalue weighted by Crippen LogP contribution is 2.31. The minimum Gasteiger partial charge on any atom is -0.494 e. The Morgan fingerprint density at radius 3 is 2.74 bits per heavy atom. The second-order valence-corrected chi connectivity index (χ2v) is 6.97. The summed E-state index contributed by atoms with van der Waals surface area (Å²) in [7, 11) is 0. The van der Waals surface area contributed by atoms with Crippen LogP contribution in [0.3, 0.4) is 0 Å². The number of imidazole rings is 1. The van der Waals surface area contributed by atoms with Gasteiger partial charge in [0.25, 0.3) is 0 Å². The van der Waals surface area contributed by atoms with Crippen molar-refractivity contribution in [2.24, 2.45) is 5.73 Å². The lowest BCUT2D eigenvalue weighted by atomic mass is 10.2. The maximum atomic E-state index is 10.9. The lowest BCUT2D eigenvalue weighted by Gasteiger charge is -2.10. The van der Waals surface area contributed by atoms with Gasteiger partial charge in [0.2, 0.25) is 5.91 Å². The summed E-state index contributed by atoms with van der Waals surface area (Å²) in [6.07, 6.45) is 0.929. The van der Waals surface area contributed by atoms with Crippen LogP contribution < -0.4 is 10.5 Å². The van der Waals surface area contributed by atoms with E-state index in [4.69, 9.17) is 15.5 Å². The minimum atomic E-state index is -0.309. The summed E-state index contributed by atoms with van der Waals surface area (Å²) >= 11 is 1.65. The van der Waals surface area contributed by atoms with Gasteiger partial charge < -0.3 is 10.5 Å². The van der Waals surface area contributed by atoms with Crippen molar-refractivity contribution in [2.45, 2.75) is 12.8 Å². The average molecular weight is 377 g/mol. The van der Waals surface area contributed by atoms with E-state index >= 15 is 0 Å². The fraction of sp³-hybridized carbons (Fsp3) is 0.143. The van der Waals surface area contributed by atoms with Crippen LogP contribution in [0, 0.1) is 0 Å². The molecule has 2 aromatic heterocycles. The molecule has 0 saturated heterocycles. The summed E-state index contributed by atoms with van der Waals surface area (Å²) in [6, 6.07) is 18.1. The number of benzene rings is 2. The largest absolute Gasteiger partial charge is 0.494 e. The molecular weight excluding hydrogens is 358 g/mol. The molecule has 2 heterocycles. The average Bonchev–Trinajstić information content (AvgIpc) is 3.33. The normalized spacial score (nSPS) is 11.0. The lowest BCUT2D eigenvalue weighted by Crippen LogP contribution is -2.11. The van der Waals surface area contributed by atoms with Gasteiger partial charge in [-0.15, -0.1) is 0 Å². The van der Waals surface area contributed by atoms with E-state index in [0.717, 1.165) is 33.9 Å². The molecule has 0 aliphatic heterocycles. The van der Waals surface area contributed by atoms with Crippen molar-refractivity contribution in [2.75, 3.05) is 6.61 Å². The number of ether oxygens (including phenoxy) is 1. The molecule has 2 N–H and O–H groups in total. The molecule has 0 unspecified atom stereocenters. The summed E-state index contributed by atoms with van der Waals surface area (Å²) < 4.78 is 7.96. The topological polar surface area (TPSA) is 70.1 Å². The van der Waals surface area contributed by atoms with Crippen LogP contribution in [0.4, 0.5) is 0 Å². The van der Waals surface area contributed by atoms with Crippen LogP contribution in [-0.4, -0.2) is 22.1 Å². The Morgan fingerprint density at radius 1 is 1.15 bits per heavy atom. The number of nitrogens with zero attached hydrogens (tertiary/aromatic N) is 2. The molecule has 0 radical (unpaired) electrons. The molecule has 2 aromatic carbocycles. The molecule has 6 heteroatoms. The van der Waals surface area contributed by atoms with Crippen LogP contribution in [0.5, 0.6) is 5.75 Å². The number of rotatable bonds is 7. The predicted octanol–water partition coefficient (Wildman–Crippen LogP) is 4.40. The number of aromatic nitrogens is 2. The van der Waals surface area contributed by atoms with Gasteiger partial charge in [-0.25, -0.2) is 4.98 Å². The number of carbonyl (C=O) groups is 1. The van der Waals surface area contributed by atoms with E-state index in [1.54, 1.807) is 11.3 Å². The van der Waals surface area contributed by atoms with Crippen molar-refractivity contribution in [1.82, 2.24) is 9.55 Å². The van der Waals surface area contributed by atoms with Gasteiger partial charge in [0.15, 0.2) is 0 Å². The maximum Gasteiger partial charge on any atom is 0.217 e. The van der Waals surface area contributed by atoms with Gasteiger partial charge in [-0.05, 0) is 42.1 Å². The second-order valence-electron chi connectivity index (χ2n) is 6.19. The van der Waals surface area contributed by atoms with Gasteiger partial charge in [0, 0.05) is 29.1 Å². The standard InChI is InChI=1S/C21H19N3O2S/c22-20(25)7-4-11-26-17-8-9-18-19(13-17)24(16-5-2-1-3-6-16)21(23-18)15-10-12-27-14-15/h1-3,5-6,8-10,12-14H,4,7,11H2,(H2,22,25).